The second-order valence-electron chi connectivity index (χ2n) is 4.88. The summed E-state index contributed by atoms with van der Waals surface area (Å²) in [5, 5.41) is 9.15. The van der Waals surface area contributed by atoms with E-state index in [9.17, 15) is 8.78 Å². The van der Waals surface area contributed by atoms with Gasteiger partial charge in [-0.2, -0.15) is 5.10 Å². The zero-order chi connectivity index (χ0) is 15.7. The molecule has 0 fully saturated rings. The van der Waals surface area contributed by atoms with Gasteiger partial charge in [0.25, 0.3) is 0 Å². The Kier molecular flexibility index (Phi) is 4.00. The molecule has 0 saturated heterocycles. The number of nitrogens with two attached hydrogens (primary N) is 1. The topological polar surface area (TPSA) is 51.8 Å². The highest BCUT2D eigenvalue weighted by Gasteiger charge is 2.15. The van der Waals surface area contributed by atoms with Crippen LogP contribution in [-0.4, -0.2) is 16.7 Å². The maximum atomic E-state index is 13.6. The van der Waals surface area contributed by atoms with Gasteiger partial charge in [-0.1, -0.05) is 11.6 Å². The van der Waals surface area contributed by atoms with Crippen molar-refractivity contribution in [2.45, 2.75) is 6.42 Å². The van der Waals surface area contributed by atoms with Crippen molar-refractivity contribution >= 4 is 22.5 Å². The quantitative estimate of drug-likeness (QED) is 0.800. The van der Waals surface area contributed by atoms with Gasteiger partial charge in [-0.15, -0.1) is 5.10 Å². The molecule has 0 spiro atoms. The highest BCUT2D eigenvalue weighted by atomic mass is 35.5. The molecule has 112 valence electrons. The van der Waals surface area contributed by atoms with Gasteiger partial charge in [-0.25, -0.2) is 8.78 Å². The molecule has 0 aliphatic heterocycles. The molecule has 0 aliphatic carbocycles. The Morgan fingerprint density at radius 2 is 1.82 bits per heavy atom. The summed E-state index contributed by atoms with van der Waals surface area (Å²) in [6, 6.07) is 6.84. The average Bonchev–Trinajstić information content (AvgIpc) is 2.47. The molecule has 3 nitrogen and oxygen atoms in total. The lowest BCUT2D eigenvalue weighted by atomic mass is 9.94. The fourth-order valence-corrected chi connectivity index (χ4v) is 2.82. The van der Waals surface area contributed by atoms with E-state index in [-0.39, 0.29) is 0 Å². The number of hydrogen-bond acceptors (Lipinski definition) is 3. The first-order valence-electron chi connectivity index (χ1n) is 6.69. The van der Waals surface area contributed by atoms with Crippen LogP contribution in [0.5, 0.6) is 0 Å². The largest absolute Gasteiger partial charge is 0.330 e. The van der Waals surface area contributed by atoms with Crippen LogP contribution in [0.1, 0.15) is 5.56 Å². The molecule has 2 aromatic carbocycles. The molecule has 0 radical (unpaired) electrons. The normalized spacial score (nSPS) is 11.1. The molecule has 2 N–H and O–H groups in total. The predicted octanol–water partition coefficient (Wildman–Crippen LogP) is 3.73. The van der Waals surface area contributed by atoms with Gasteiger partial charge in [-0.05, 0) is 48.4 Å². The van der Waals surface area contributed by atoms with Crippen LogP contribution < -0.4 is 5.73 Å². The van der Waals surface area contributed by atoms with Crippen LogP contribution in [0.15, 0.2) is 36.5 Å². The number of halogens is 3. The summed E-state index contributed by atoms with van der Waals surface area (Å²) in [4.78, 5) is 0. The smallest absolute Gasteiger partial charge is 0.126 e. The van der Waals surface area contributed by atoms with E-state index >= 15 is 0 Å². The summed E-state index contributed by atoms with van der Waals surface area (Å²) in [6.45, 7) is 0.382. The number of aromatic nitrogens is 2. The van der Waals surface area contributed by atoms with Crippen LogP contribution in [0.25, 0.3) is 22.0 Å². The molecule has 3 aromatic rings. The van der Waals surface area contributed by atoms with E-state index < -0.39 is 11.6 Å². The summed E-state index contributed by atoms with van der Waals surface area (Å²) in [7, 11) is 0. The van der Waals surface area contributed by atoms with Crippen LogP contribution in [0, 0.1) is 11.6 Å². The second kappa shape index (κ2) is 5.94. The van der Waals surface area contributed by atoms with Crippen LogP contribution in [0.2, 0.25) is 5.02 Å². The SMILES string of the molecule is NCCc1cc(Cl)c2ccnnc2c1-c1cc(F)cc(F)c1. The highest BCUT2D eigenvalue weighted by molar-refractivity contribution is 6.36. The number of nitrogens with zero attached hydrogens (tertiary/aromatic N) is 2. The van der Waals surface area contributed by atoms with Crippen molar-refractivity contribution < 1.29 is 8.78 Å². The molecule has 0 aliphatic rings. The zero-order valence-electron chi connectivity index (χ0n) is 11.5. The molecule has 22 heavy (non-hydrogen) atoms. The Morgan fingerprint density at radius 1 is 1.09 bits per heavy atom. The summed E-state index contributed by atoms with van der Waals surface area (Å²) >= 11 is 6.26. The Hall–Kier alpha value is -2.11. The molecular weight excluding hydrogens is 308 g/mol. The lowest BCUT2D eigenvalue weighted by Crippen LogP contribution is -2.05. The maximum absolute atomic E-state index is 13.6. The van der Waals surface area contributed by atoms with Crippen molar-refractivity contribution in [3.8, 4) is 11.1 Å². The number of rotatable bonds is 3. The summed E-state index contributed by atoms with van der Waals surface area (Å²) in [5.74, 6) is -1.30. The molecule has 0 amide bonds. The van der Waals surface area contributed by atoms with Crippen LogP contribution in [0.3, 0.4) is 0 Å². The Bertz CT molecular complexity index is 832. The molecular formula is C16H12ClF2N3. The van der Waals surface area contributed by atoms with Crippen LogP contribution in [-0.2, 0) is 6.42 Å². The summed E-state index contributed by atoms with van der Waals surface area (Å²) in [6.07, 6.45) is 2.03. The number of benzene rings is 2. The molecule has 6 heteroatoms. The van der Waals surface area contributed by atoms with Crippen molar-refractivity contribution in [3.05, 3.63) is 58.7 Å². The summed E-state index contributed by atoms with van der Waals surface area (Å²) in [5.41, 5.74) is 7.92. The molecule has 1 heterocycles. The van der Waals surface area contributed by atoms with Gasteiger partial charge < -0.3 is 5.73 Å². The lowest BCUT2D eigenvalue weighted by Gasteiger charge is -2.13. The third-order valence-corrected chi connectivity index (χ3v) is 3.71. The standard InChI is InChI=1S/C16H12ClF2N3/c17-14-7-9(1-3-20)15(16-13(14)2-4-21-22-16)10-5-11(18)8-12(19)6-10/h2,4-8H,1,3,20H2. The average molecular weight is 320 g/mol. The van der Waals surface area contributed by atoms with Crippen molar-refractivity contribution in [3.63, 3.8) is 0 Å². The van der Waals surface area contributed by atoms with Crippen LogP contribution in [0.4, 0.5) is 8.78 Å². The monoisotopic (exact) mass is 319 g/mol. The zero-order valence-corrected chi connectivity index (χ0v) is 12.2. The van der Waals surface area contributed by atoms with E-state index in [1.807, 2.05) is 0 Å². The third-order valence-electron chi connectivity index (χ3n) is 3.40. The van der Waals surface area contributed by atoms with Crippen LogP contribution >= 0.6 is 11.6 Å². The lowest BCUT2D eigenvalue weighted by molar-refractivity contribution is 0.584. The minimum Gasteiger partial charge on any atom is -0.330 e. The van der Waals surface area contributed by atoms with Gasteiger partial charge in [0, 0.05) is 17.0 Å². The maximum Gasteiger partial charge on any atom is 0.126 e. The van der Waals surface area contributed by atoms with Gasteiger partial charge in [0.1, 0.15) is 17.2 Å². The van der Waals surface area contributed by atoms with Gasteiger partial charge in [-0.3, -0.25) is 0 Å². The van der Waals surface area contributed by atoms with E-state index in [4.69, 9.17) is 17.3 Å². The van der Waals surface area contributed by atoms with E-state index in [2.05, 4.69) is 10.2 Å². The minimum atomic E-state index is -0.652. The molecule has 3 rings (SSSR count). The minimum absolute atomic E-state index is 0.382. The first kappa shape index (κ1) is 14.8. The molecule has 0 saturated carbocycles. The second-order valence-corrected chi connectivity index (χ2v) is 5.29. The van der Waals surface area contributed by atoms with Crippen molar-refractivity contribution in [2.75, 3.05) is 6.54 Å². The van der Waals surface area contributed by atoms with Gasteiger partial charge in [0.15, 0.2) is 0 Å². The Morgan fingerprint density at radius 3 is 2.50 bits per heavy atom. The summed E-state index contributed by atoms with van der Waals surface area (Å²) < 4.78 is 27.2. The first-order chi connectivity index (χ1) is 10.6. The fourth-order valence-electron chi connectivity index (χ4n) is 2.54. The number of hydrogen-bond donors (Lipinski definition) is 1. The van der Waals surface area contributed by atoms with E-state index in [1.54, 1.807) is 12.1 Å². The molecule has 0 bridgehead atoms. The molecule has 0 atom stereocenters. The number of fused-ring (bicyclic) bond motifs is 1. The first-order valence-corrected chi connectivity index (χ1v) is 7.07. The third kappa shape index (κ3) is 2.65. The molecule has 1 aromatic heterocycles. The van der Waals surface area contributed by atoms with Gasteiger partial charge >= 0.3 is 0 Å². The van der Waals surface area contributed by atoms with E-state index in [1.165, 1.54) is 18.3 Å². The Labute approximate surface area is 130 Å². The predicted molar refractivity (Wildman–Crippen MR) is 82.7 cm³/mol. The van der Waals surface area contributed by atoms with E-state index in [0.29, 0.717) is 40.0 Å². The van der Waals surface area contributed by atoms with Crippen molar-refractivity contribution in [2.24, 2.45) is 5.73 Å². The van der Waals surface area contributed by atoms with Crippen molar-refractivity contribution in [1.82, 2.24) is 10.2 Å². The molecule has 0 unspecified atom stereocenters. The highest BCUT2D eigenvalue weighted by Crippen LogP contribution is 2.35. The van der Waals surface area contributed by atoms with Gasteiger partial charge in [0.05, 0.1) is 11.2 Å². The van der Waals surface area contributed by atoms with Crippen molar-refractivity contribution in [1.29, 1.82) is 0 Å². The van der Waals surface area contributed by atoms with Gasteiger partial charge in [0.2, 0.25) is 0 Å². The van der Waals surface area contributed by atoms with E-state index in [0.717, 1.165) is 11.6 Å². The fraction of sp³-hybridized carbons (Fsp3) is 0.125. The Balaban J connectivity index is 2.39.